The van der Waals surface area contributed by atoms with E-state index in [4.69, 9.17) is 0 Å². The standard InChI is InChI=1S/C20H23FN4O2S/c21-17-3-1-2-4-18(17)23-19(26)14-28-15-20(27)25-11-9-24(10-12-25)13-16-5-7-22-8-6-16/h1-8H,9-15H2,(H,23,26)/p+1. The molecule has 0 radical (unpaired) electrons. The lowest BCUT2D eigenvalue weighted by molar-refractivity contribution is -0.917. The molecule has 2 aromatic rings. The molecule has 3 rings (SSSR count). The normalized spacial score (nSPS) is 14.7. The molecule has 2 amide bonds. The lowest BCUT2D eigenvalue weighted by atomic mass is 10.2. The van der Waals surface area contributed by atoms with Gasteiger partial charge in [0.25, 0.3) is 0 Å². The van der Waals surface area contributed by atoms with Crippen LogP contribution in [-0.2, 0) is 16.1 Å². The maximum atomic E-state index is 13.5. The summed E-state index contributed by atoms with van der Waals surface area (Å²) < 4.78 is 13.5. The highest BCUT2D eigenvalue weighted by atomic mass is 32.2. The van der Waals surface area contributed by atoms with Crippen molar-refractivity contribution in [3.05, 3.63) is 60.2 Å². The van der Waals surface area contributed by atoms with Gasteiger partial charge in [0.05, 0.1) is 43.4 Å². The second kappa shape index (κ2) is 10.2. The molecule has 0 spiro atoms. The number of anilines is 1. The van der Waals surface area contributed by atoms with Crippen molar-refractivity contribution in [3.63, 3.8) is 0 Å². The molecule has 28 heavy (non-hydrogen) atoms. The van der Waals surface area contributed by atoms with Gasteiger partial charge in [-0.05, 0) is 24.3 Å². The second-order valence-electron chi connectivity index (χ2n) is 6.68. The zero-order valence-electron chi connectivity index (χ0n) is 15.6. The van der Waals surface area contributed by atoms with Gasteiger partial charge in [-0.2, -0.15) is 0 Å². The Morgan fingerprint density at radius 3 is 2.54 bits per heavy atom. The summed E-state index contributed by atoms with van der Waals surface area (Å²) in [6.45, 7) is 4.21. The Balaban J connectivity index is 1.34. The monoisotopic (exact) mass is 403 g/mol. The number of rotatable bonds is 7. The number of hydrogen-bond donors (Lipinski definition) is 2. The van der Waals surface area contributed by atoms with E-state index in [1.54, 1.807) is 24.5 Å². The van der Waals surface area contributed by atoms with E-state index in [9.17, 15) is 14.0 Å². The number of benzene rings is 1. The van der Waals surface area contributed by atoms with Crippen LogP contribution in [0.1, 0.15) is 5.56 Å². The number of piperazine rings is 1. The zero-order valence-corrected chi connectivity index (χ0v) is 16.4. The van der Waals surface area contributed by atoms with Crippen LogP contribution in [0.3, 0.4) is 0 Å². The van der Waals surface area contributed by atoms with Crippen LogP contribution in [0.4, 0.5) is 10.1 Å². The van der Waals surface area contributed by atoms with Crippen LogP contribution >= 0.6 is 11.8 Å². The summed E-state index contributed by atoms with van der Waals surface area (Å²) in [6.07, 6.45) is 3.60. The van der Waals surface area contributed by atoms with Gasteiger partial charge in [0.1, 0.15) is 12.4 Å². The van der Waals surface area contributed by atoms with Gasteiger partial charge in [0.2, 0.25) is 11.8 Å². The first-order valence-corrected chi connectivity index (χ1v) is 10.4. The van der Waals surface area contributed by atoms with Crippen molar-refractivity contribution in [3.8, 4) is 0 Å². The molecule has 8 heteroatoms. The van der Waals surface area contributed by atoms with Gasteiger partial charge in [-0.1, -0.05) is 12.1 Å². The molecule has 148 valence electrons. The third-order valence-electron chi connectivity index (χ3n) is 4.63. The SMILES string of the molecule is O=C(CSCC(=O)N1CC[NH+](Cc2ccncc2)CC1)Nc1ccccc1F. The Bertz CT molecular complexity index is 798. The van der Waals surface area contributed by atoms with Crippen molar-refractivity contribution < 1.29 is 18.9 Å². The molecule has 0 unspecified atom stereocenters. The molecule has 0 bridgehead atoms. The molecule has 6 nitrogen and oxygen atoms in total. The Labute approximate surface area is 168 Å². The number of amides is 2. The van der Waals surface area contributed by atoms with Crippen molar-refractivity contribution >= 4 is 29.3 Å². The summed E-state index contributed by atoms with van der Waals surface area (Å²) >= 11 is 1.25. The Hall–Kier alpha value is -2.45. The van der Waals surface area contributed by atoms with Crippen molar-refractivity contribution in [2.24, 2.45) is 0 Å². The minimum absolute atomic E-state index is 0.0478. The number of carbonyl (C=O) groups excluding carboxylic acids is 2. The van der Waals surface area contributed by atoms with Crippen LogP contribution in [0.5, 0.6) is 0 Å². The summed E-state index contributed by atoms with van der Waals surface area (Å²) in [5.41, 5.74) is 1.41. The predicted octanol–water partition coefficient (Wildman–Crippen LogP) is 0.820. The summed E-state index contributed by atoms with van der Waals surface area (Å²) in [6, 6.07) is 10.1. The van der Waals surface area contributed by atoms with Gasteiger partial charge < -0.3 is 15.1 Å². The molecule has 2 heterocycles. The summed E-state index contributed by atoms with van der Waals surface area (Å²) in [7, 11) is 0. The fourth-order valence-corrected chi connectivity index (χ4v) is 3.83. The fraction of sp³-hybridized carbons (Fsp3) is 0.350. The molecule has 1 aromatic heterocycles. The first-order valence-electron chi connectivity index (χ1n) is 9.24. The lowest BCUT2D eigenvalue weighted by Crippen LogP contribution is -3.13. The fourth-order valence-electron chi connectivity index (χ4n) is 3.11. The first-order chi connectivity index (χ1) is 13.6. The molecule has 0 atom stereocenters. The summed E-state index contributed by atoms with van der Waals surface area (Å²) in [4.78, 5) is 31.6. The number of carbonyl (C=O) groups is 2. The molecule has 1 saturated heterocycles. The molecule has 1 aliphatic heterocycles. The first kappa shape index (κ1) is 20.3. The molecular formula is C20H24FN4O2S+. The van der Waals surface area contributed by atoms with Crippen molar-refractivity contribution in [1.82, 2.24) is 9.88 Å². The van der Waals surface area contributed by atoms with Crippen LogP contribution < -0.4 is 10.2 Å². The molecule has 1 aliphatic rings. The molecule has 1 aromatic carbocycles. The Kier molecular flexibility index (Phi) is 7.39. The highest BCUT2D eigenvalue weighted by molar-refractivity contribution is 8.00. The number of thioether (sulfide) groups is 1. The second-order valence-corrected chi connectivity index (χ2v) is 7.67. The third-order valence-corrected chi connectivity index (χ3v) is 5.55. The quantitative estimate of drug-likeness (QED) is 0.719. The Morgan fingerprint density at radius 1 is 1.11 bits per heavy atom. The highest BCUT2D eigenvalue weighted by Crippen LogP contribution is 2.13. The van der Waals surface area contributed by atoms with E-state index in [0.29, 0.717) is 0 Å². The number of para-hydroxylation sites is 1. The van der Waals surface area contributed by atoms with Gasteiger partial charge in [-0.3, -0.25) is 14.6 Å². The van der Waals surface area contributed by atoms with Crippen LogP contribution in [0, 0.1) is 5.82 Å². The molecule has 0 saturated carbocycles. The van der Waals surface area contributed by atoms with Crippen LogP contribution in [0.25, 0.3) is 0 Å². The van der Waals surface area contributed by atoms with Gasteiger partial charge in [-0.25, -0.2) is 4.39 Å². The highest BCUT2D eigenvalue weighted by Gasteiger charge is 2.23. The number of pyridine rings is 1. The Morgan fingerprint density at radius 2 is 1.82 bits per heavy atom. The zero-order chi connectivity index (χ0) is 19.8. The van der Waals surface area contributed by atoms with Crippen molar-refractivity contribution in [2.75, 3.05) is 43.0 Å². The topological polar surface area (TPSA) is 66.7 Å². The maximum absolute atomic E-state index is 13.5. The van der Waals surface area contributed by atoms with E-state index < -0.39 is 5.82 Å². The number of nitrogens with zero attached hydrogens (tertiary/aromatic N) is 2. The van der Waals surface area contributed by atoms with E-state index in [1.807, 2.05) is 17.0 Å². The minimum atomic E-state index is -0.468. The van der Waals surface area contributed by atoms with Gasteiger partial charge in [-0.15, -0.1) is 11.8 Å². The van der Waals surface area contributed by atoms with E-state index in [0.717, 1.165) is 32.7 Å². The van der Waals surface area contributed by atoms with Crippen LogP contribution in [-0.4, -0.2) is 59.4 Å². The average Bonchev–Trinajstić information content (AvgIpc) is 2.71. The predicted molar refractivity (Wildman–Crippen MR) is 108 cm³/mol. The van der Waals surface area contributed by atoms with Crippen LogP contribution in [0.15, 0.2) is 48.8 Å². The number of nitrogens with one attached hydrogen (secondary N) is 2. The summed E-state index contributed by atoms with van der Waals surface area (Å²) in [5.74, 6) is -0.359. The lowest BCUT2D eigenvalue weighted by Gasteiger charge is -2.32. The maximum Gasteiger partial charge on any atom is 0.234 e. The van der Waals surface area contributed by atoms with E-state index in [2.05, 4.69) is 10.3 Å². The van der Waals surface area contributed by atoms with Crippen molar-refractivity contribution in [1.29, 1.82) is 0 Å². The van der Waals surface area contributed by atoms with E-state index in [1.165, 1.54) is 34.4 Å². The van der Waals surface area contributed by atoms with Crippen LogP contribution in [0.2, 0.25) is 0 Å². The smallest absolute Gasteiger partial charge is 0.234 e. The molecule has 1 fully saturated rings. The largest absolute Gasteiger partial charge is 0.331 e. The molecule has 2 N–H and O–H groups in total. The van der Waals surface area contributed by atoms with Gasteiger partial charge in [0, 0.05) is 18.0 Å². The van der Waals surface area contributed by atoms with E-state index in [-0.39, 0.29) is 29.0 Å². The number of halogens is 1. The number of hydrogen-bond acceptors (Lipinski definition) is 4. The average molecular weight is 404 g/mol. The third kappa shape index (κ3) is 6.03. The van der Waals surface area contributed by atoms with Crippen molar-refractivity contribution in [2.45, 2.75) is 6.54 Å². The minimum Gasteiger partial charge on any atom is -0.331 e. The molecule has 0 aliphatic carbocycles. The van der Waals surface area contributed by atoms with Gasteiger partial charge in [0.15, 0.2) is 0 Å². The number of quaternary nitrogens is 1. The number of aromatic nitrogens is 1. The van der Waals surface area contributed by atoms with Gasteiger partial charge >= 0.3 is 0 Å². The van der Waals surface area contributed by atoms with E-state index >= 15 is 0 Å². The summed E-state index contributed by atoms with van der Waals surface area (Å²) in [5, 5.41) is 2.52. The molecular weight excluding hydrogens is 379 g/mol.